The van der Waals surface area contributed by atoms with Crippen molar-refractivity contribution in [1.29, 1.82) is 0 Å². The van der Waals surface area contributed by atoms with Gasteiger partial charge in [-0.1, -0.05) is 30.3 Å². The normalized spacial score (nSPS) is 13.3. The zero-order valence-electron chi connectivity index (χ0n) is 13.7. The van der Waals surface area contributed by atoms with Gasteiger partial charge in [0.25, 0.3) is 0 Å². The number of carbonyl (C=O) groups excluding carboxylic acids is 1. The number of likely N-dealkylation sites (N-methyl/N-ethyl adjacent to an activating group) is 1. The first-order valence-corrected chi connectivity index (χ1v) is 8.88. The van der Waals surface area contributed by atoms with Crippen molar-refractivity contribution < 1.29 is 4.79 Å². The molecular weight excluding hydrogens is 306 g/mol. The summed E-state index contributed by atoms with van der Waals surface area (Å²) >= 11 is 1.68. The predicted molar refractivity (Wildman–Crippen MR) is 97.0 cm³/mol. The molecule has 1 aromatic heterocycles. The Morgan fingerprint density at radius 1 is 1.13 bits per heavy atom. The van der Waals surface area contributed by atoms with Crippen LogP contribution in [0.25, 0.3) is 0 Å². The van der Waals surface area contributed by atoms with Gasteiger partial charge in [-0.3, -0.25) is 0 Å². The highest BCUT2D eigenvalue weighted by Gasteiger charge is 2.11. The molecule has 124 valence electrons. The summed E-state index contributed by atoms with van der Waals surface area (Å²) in [4.78, 5) is 12.0. The van der Waals surface area contributed by atoms with Gasteiger partial charge in [0.15, 0.2) is 0 Å². The summed E-state index contributed by atoms with van der Waals surface area (Å²) < 4.78 is 0. The monoisotopic (exact) mass is 331 g/mol. The Hall–Kier alpha value is -1.85. The molecule has 0 saturated heterocycles. The van der Waals surface area contributed by atoms with Crippen LogP contribution in [0.4, 0.5) is 4.79 Å². The molecule has 0 fully saturated rings. The van der Waals surface area contributed by atoms with Crippen molar-refractivity contribution >= 4 is 17.4 Å². The molecule has 0 aliphatic carbocycles. The zero-order chi connectivity index (χ0) is 16.5. The molecule has 4 nitrogen and oxygen atoms in total. The van der Waals surface area contributed by atoms with Crippen LogP contribution >= 0.6 is 11.3 Å². The molecule has 2 amide bonds. The molecule has 2 atom stereocenters. The van der Waals surface area contributed by atoms with Crippen molar-refractivity contribution in [3.05, 3.63) is 58.3 Å². The van der Waals surface area contributed by atoms with E-state index in [1.54, 1.807) is 11.3 Å². The largest absolute Gasteiger partial charge is 0.337 e. The third-order valence-corrected chi connectivity index (χ3v) is 4.47. The summed E-state index contributed by atoms with van der Waals surface area (Å²) in [6.07, 6.45) is 1.75. The lowest BCUT2D eigenvalue weighted by Crippen LogP contribution is -2.47. The number of thiophene rings is 1. The van der Waals surface area contributed by atoms with Gasteiger partial charge in [0, 0.05) is 18.6 Å². The number of urea groups is 1. The van der Waals surface area contributed by atoms with Crippen LogP contribution in [-0.2, 0) is 12.8 Å². The molecule has 2 unspecified atom stereocenters. The van der Waals surface area contributed by atoms with E-state index in [1.807, 2.05) is 32.2 Å². The van der Waals surface area contributed by atoms with Crippen LogP contribution in [0.15, 0.2) is 47.2 Å². The van der Waals surface area contributed by atoms with Gasteiger partial charge in [0.05, 0.1) is 0 Å². The van der Waals surface area contributed by atoms with Crippen LogP contribution in [0, 0.1) is 0 Å². The van der Waals surface area contributed by atoms with Crippen molar-refractivity contribution in [1.82, 2.24) is 16.0 Å². The lowest BCUT2D eigenvalue weighted by atomic mass is 10.1. The average molecular weight is 331 g/mol. The second kappa shape index (κ2) is 9.33. The molecule has 1 aromatic carbocycles. The van der Waals surface area contributed by atoms with Crippen LogP contribution in [0.1, 0.15) is 18.1 Å². The second-order valence-electron chi connectivity index (χ2n) is 5.77. The zero-order valence-corrected chi connectivity index (χ0v) is 14.5. The highest BCUT2D eigenvalue weighted by molar-refractivity contribution is 7.07. The summed E-state index contributed by atoms with van der Waals surface area (Å²) in [7, 11) is 1.92. The second-order valence-corrected chi connectivity index (χ2v) is 6.55. The highest BCUT2D eigenvalue weighted by Crippen LogP contribution is 2.08. The molecule has 0 bridgehead atoms. The number of nitrogens with one attached hydrogen (secondary N) is 3. The van der Waals surface area contributed by atoms with E-state index in [9.17, 15) is 4.79 Å². The summed E-state index contributed by atoms with van der Waals surface area (Å²) in [5, 5.41) is 13.4. The Bertz CT molecular complexity index is 571. The summed E-state index contributed by atoms with van der Waals surface area (Å²) in [6.45, 7) is 2.62. The third-order valence-electron chi connectivity index (χ3n) is 3.74. The number of rotatable bonds is 8. The average Bonchev–Trinajstić information content (AvgIpc) is 3.05. The van der Waals surface area contributed by atoms with Crippen LogP contribution < -0.4 is 16.0 Å². The van der Waals surface area contributed by atoms with Gasteiger partial charge < -0.3 is 16.0 Å². The maximum atomic E-state index is 12.0. The first kappa shape index (κ1) is 17.5. The Labute approximate surface area is 142 Å². The molecule has 2 rings (SSSR count). The van der Waals surface area contributed by atoms with Crippen molar-refractivity contribution in [3.8, 4) is 0 Å². The molecule has 5 heteroatoms. The quantitative estimate of drug-likeness (QED) is 0.697. The van der Waals surface area contributed by atoms with E-state index in [-0.39, 0.29) is 18.1 Å². The van der Waals surface area contributed by atoms with E-state index in [2.05, 4.69) is 44.9 Å². The molecule has 23 heavy (non-hydrogen) atoms. The maximum Gasteiger partial charge on any atom is 0.315 e. The van der Waals surface area contributed by atoms with Crippen LogP contribution in [0.5, 0.6) is 0 Å². The fourth-order valence-corrected chi connectivity index (χ4v) is 3.16. The van der Waals surface area contributed by atoms with Gasteiger partial charge in [-0.15, -0.1) is 0 Å². The van der Waals surface area contributed by atoms with E-state index in [0.29, 0.717) is 6.54 Å². The van der Waals surface area contributed by atoms with Crippen molar-refractivity contribution in [2.24, 2.45) is 0 Å². The van der Waals surface area contributed by atoms with E-state index in [4.69, 9.17) is 0 Å². The van der Waals surface area contributed by atoms with Crippen LogP contribution in [-0.4, -0.2) is 31.7 Å². The minimum absolute atomic E-state index is 0.110. The van der Waals surface area contributed by atoms with Crippen LogP contribution in [0.2, 0.25) is 0 Å². The Morgan fingerprint density at radius 3 is 2.57 bits per heavy atom. The minimum atomic E-state index is -0.110. The van der Waals surface area contributed by atoms with Gasteiger partial charge >= 0.3 is 6.03 Å². The van der Waals surface area contributed by atoms with Gasteiger partial charge in [-0.25, -0.2) is 4.79 Å². The molecule has 1 heterocycles. The predicted octanol–water partition coefficient (Wildman–Crippen LogP) is 2.81. The fourth-order valence-electron chi connectivity index (χ4n) is 2.48. The van der Waals surface area contributed by atoms with E-state index < -0.39 is 0 Å². The molecule has 3 N–H and O–H groups in total. The Balaban J connectivity index is 1.71. The molecule has 0 aliphatic heterocycles. The molecule has 0 saturated carbocycles. The van der Waals surface area contributed by atoms with Gasteiger partial charge in [0.2, 0.25) is 0 Å². The number of hydrogen-bond donors (Lipinski definition) is 3. The smallest absolute Gasteiger partial charge is 0.315 e. The SMILES string of the molecule is CNC(CNC(=O)NC(C)Cc1ccsc1)Cc1ccccc1. The Morgan fingerprint density at radius 2 is 1.91 bits per heavy atom. The lowest BCUT2D eigenvalue weighted by molar-refractivity contribution is 0.236. The number of carbonyl (C=O) groups is 1. The standard InChI is InChI=1S/C18H25N3OS/c1-14(10-16-8-9-23-13-16)21-18(22)20-12-17(19-2)11-15-6-4-3-5-7-15/h3-9,13-14,17,19H,10-12H2,1-2H3,(H2,20,21,22). The number of benzene rings is 1. The van der Waals surface area contributed by atoms with Crippen molar-refractivity contribution in [2.45, 2.75) is 31.8 Å². The van der Waals surface area contributed by atoms with E-state index in [1.165, 1.54) is 11.1 Å². The van der Waals surface area contributed by atoms with Crippen molar-refractivity contribution in [2.75, 3.05) is 13.6 Å². The lowest BCUT2D eigenvalue weighted by Gasteiger charge is -2.19. The fraction of sp³-hybridized carbons (Fsp3) is 0.389. The summed E-state index contributed by atoms with van der Waals surface area (Å²) in [6, 6.07) is 12.6. The first-order valence-electron chi connectivity index (χ1n) is 7.94. The third kappa shape index (κ3) is 6.42. The topological polar surface area (TPSA) is 53.2 Å². The highest BCUT2D eigenvalue weighted by atomic mass is 32.1. The van der Waals surface area contributed by atoms with Gasteiger partial charge in [0.1, 0.15) is 0 Å². The molecular formula is C18H25N3OS. The van der Waals surface area contributed by atoms with Gasteiger partial charge in [-0.05, 0) is 54.8 Å². The van der Waals surface area contributed by atoms with E-state index >= 15 is 0 Å². The minimum Gasteiger partial charge on any atom is -0.337 e. The summed E-state index contributed by atoms with van der Waals surface area (Å²) in [5.74, 6) is 0. The summed E-state index contributed by atoms with van der Waals surface area (Å²) in [5.41, 5.74) is 2.53. The molecule has 2 aromatic rings. The molecule has 0 aliphatic rings. The number of hydrogen-bond acceptors (Lipinski definition) is 3. The van der Waals surface area contributed by atoms with Crippen molar-refractivity contribution in [3.63, 3.8) is 0 Å². The molecule has 0 radical (unpaired) electrons. The Kier molecular flexibility index (Phi) is 7.10. The van der Waals surface area contributed by atoms with E-state index in [0.717, 1.165) is 12.8 Å². The van der Waals surface area contributed by atoms with Gasteiger partial charge in [-0.2, -0.15) is 11.3 Å². The maximum absolute atomic E-state index is 12.0. The number of amides is 2. The van der Waals surface area contributed by atoms with Crippen LogP contribution in [0.3, 0.4) is 0 Å². The molecule has 0 spiro atoms. The first-order chi connectivity index (χ1) is 11.2.